The van der Waals surface area contributed by atoms with Crippen LogP contribution >= 0.6 is 0 Å². The van der Waals surface area contributed by atoms with Crippen LogP contribution in [0.2, 0.25) is 0 Å². The van der Waals surface area contributed by atoms with Gasteiger partial charge in [0.15, 0.2) is 0 Å². The van der Waals surface area contributed by atoms with Gasteiger partial charge in [-0.25, -0.2) is 9.97 Å². The van der Waals surface area contributed by atoms with Crippen molar-refractivity contribution in [1.82, 2.24) is 9.97 Å². The normalized spacial score (nSPS) is 19.8. The van der Waals surface area contributed by atoms with Gasteiger partial charge in [-0.1, -0.05) is 13.8 Å². The maximum absolute atomic E-state index is 5.82. The standard InChI is InChI=1S/C14H24N4O/c1-11(2)7-12-9-18(5-6-19-12)14-8-13(17(3)4)15-10-16-14/h8,10-12H,5-7,9H2,1-4H3/t12-/m1/s1. The first kappa shape index (κ1) is 14.1. The van der Waals surface area contributed by atoms with Gasteiger partial charge in [0.2, 0.25) is 0 Å². The molecule has 1 aromatic heterocycles. The Hall–Kier alpha value is -1.36. The van der Waals surface area contributed by atoms with Crippen LogP contribution in [-0.2, 0) is 4.74 Å². The Labute approximate surface area is 115 Å². The lowest BCUT2D eigenvalue weighted by Gasteiger charge is -2.34. The molecule has 1 aliphatic heterocycles. The van der Waals surface area contributed by atoms with E-state index in [1.54, 1.807) is 6.33 Å². The molecule has 0 spiro atoms. The van der Waals surface area contributed by atoms with E-state index in [1.807, 2.05) is 25.1 Å². The zero-order valence-corrected chi connectivity index (χ0v) is 12.3. The summed E-state index contributed by atoms with van der Waals surface area (Å²) in [5, 5.41) is 0. The summed E-state index contributed by atoms with van der Waals surface area (Å²) >= 11 is 0. The van der Waals surface area contributed by atoms with Gasteiger partial charge in [0.05, 0.1) is 12.7 Å². The van der Waals surface area contributed by atoms with Crippen LogP contribution in [0.25, 0.3) is 0 Å². The molecule has 1 saturated heterocycles. The number of nitrogens with zero attached hydrogens (tertiary/aromatic N) is 4. The molecular formula is C14H24N4O. The topological polar surface area (TPSA) is 41.5 Å². The molecule has 5 nitrogen and oxygen atoms in total. The van der Waals surface area contributed by atoms with Gasteiger partial charge in [-0.05, 0) is 12.3 Å². The fourth-order valence-electron chi connectivity index (χ4n) is 2.35. The molecule has 1 aromatic rings. The predicted octanol–water partition coefficient (Wildman–Crippen LogP) is 1.79. The van der Waals surface area contributed by atoms with Crippen molar-refractivity contribution in [3.8, 4) is 0 Å². The van der Waals surface area contributed by atoms with Gasteiger partial charge in [0.1, 0.15) is 18.0 Å². The SMILES string of the molecule is CC(C)C[C@@H]1CN(c2cc(N(C)C)ncn2)CCO1. The number of hydrogen-bond acceptors (Lipinski definition) is 5. The van der Waals surface area contributed by atoms with E-state index >= 15 is 0 Å². The highest BCUT2D eigenvalue weighted by atomic mass is 16.5. The van der Waals surface area contributed by atoms with Crippen LogP contribution in [0.1, 0.15) is 20.3 Å². The molecule has 1 atom stereocenters. The van der Waals surface area contributed by atoms with Crippen molar-refractivity contribution in [1.29, 1.82) is 0 Å². The molecule has 1 aliphatic rings. The molecule has 0 aromatic carbocycles. The Morgan fingerprint density at radius 2 is 2.21 bits per heavy atom. The third-order valence-corrected chi connectivity index (χ3v) is 3.29. The summed E-state index contributed by atoms with van der Waals surface area (Å²) in [5.74, 6) is 2.60. The van der Waals surface area contributed by atoms with Crippen molar-refractivity contribution in [3.63, 3.8) is 0 Å². The van der Waals surface area contributed by atoms with E-state index in [4.69, 9.17) is 4.74 Å². The second kappa shape index (κ2) is 6.19. The van der Waals surface area contributed by atoms with Crippen molar-refractivity contribution in [2.45, 2.75) is 26.4 Å². The van der Waals surface area contributed by atoms with Crippen LogP contribution in [0.3, 0.4) is 0 Å². The summed E-state index contributed by atoms with van der Waals surface area (Å²) < 4.78 is 5.82. The maximum Gasteiger partial charge on any atom is 0.134 e. The fourth-order valence-corrected chi connectivity index (χ4v) is 2.35. The predicted molar refractivity (Wildman–Crippen MR) is 77.8 cm³/mol. The van der Waals surface area contributed by atoms with Gasteiger partial charge in [-0.15, -0.1) is 0 Å². The van der Waals surface area contributed by atoms with Crippen LogP contribution in [0.5, 0.6) is 0 Å². The van der Waals surface area contributed by atoms with E-state index in [0.29, 0.717) is 12.0 Å². The lowest BCUT2D eigenvalue weighted by atomic mass is 10.0. The molecule has 2 heterocycles. The summed E-state index contributed by atoms with van der Waals surface area (Å²) in [4.78, 5) is 12.9. The minimum atomic E-state index is 0.312. The zero-order chi connectivity index (χ0) is 13.8. The summed E-state index contributed by atoms with van der Waals surface area (Å²) in [7, 11) is 3.99. The third-order valence-electron chi connectivity index (χ3n) is 3.29. The van der Waals surface area contributed by atoms with Gasteiger partial charge in [-0.3, -0.25) is 0 Å². The molecule has 1 fully saturated rings. The summed E-state index contributed by atoms with van der Waals surface area (Å²) in [6, 6.07) is 2.04. The van der Waals surface area contributed by atoms with Gasteiger partial charge >= 0.3 is 0 Å². The second-order valence-electron chi connectivity index (χ2n) is 5.70. The Morgan fingerprint density at radius 1 is 1.42 bits per heavy atom. The quantitative estimate of drug-likeness (QED) is 0.829. The molecule has 0 radical (unpaired) electrons. The maximum atomic E-state index is 5.82. The Kier molecular flexibility index (Phi) is 4.58. The zero-order valence-electron chi connectivity index (χ0n) is 12.3. The van der Waals surface area contributed by atoms with Crippen LogP contribution in [-0.4, -0.2) is 49.9 Å². The molecule has 0 aliphatic carbocycles. The van der Waals surface area contributed by atoms with Crippen LogP contribution in [0, 0.1) is 5.92 Å². The number of hydrogen-bond donors (Lipinski definition) is 0. The Bertz CT molecular complexity index is 408. The highest BCUT2D eigenvalue weighted by molar-refractivity contribution is 5.49. The molecule has 106 valence electrons. The molecule has 0 unspecified atom stereocenters. The minimum Gasteiger partial charge on any atom is -0.375 e. The van der Waals surface area contributed by atoms with E-state index < -0.39 is 0 Å². The first-order valence-electron chi connectivity index (χ1n) is 6.92. The molecule has 5 heteroatoms. The van der Waals surface area contributed by atoms with Gasteiger partial charge < -0.3 is 14.5 Å². The Morgan fingerprint density at radius 3 is 2.89 bits per heavy atom. The van der Waals surface area contributed by atoms with Gasteiger partial charge in [-0.2, -0.15) is 0 Å². The molecule has 0 N–H and O–H groups in total. The van der Waals surface area contributed by atoms with Crippen molar-refractivity contribution in [2.75, 3.05) is 43.6 Å². The number of rotatable bonds is 4. The van der Waals surface area contributed by atoms with Crippen LogP contribution < -0.4 is 9.80 Å². The molecule has 19 heavy (non-hydrogen) atoms. The largest absolute Gasteiger partial charge is 0.375 e. The van der Waals surface area contributed by atoms with E-state index in [9.17, 15) is 0 Å². The van der Waals surface area contributed by atoms with E-state index in [0.717, 1.165) is 37.8 Å². The van der Waals surface area contributed by atoms with E-state index in [-0.39, 0.29) is 0 Å². The number of aromatic nitrogens is 2. The average molecular weight is 264 g/mol. The first-order valence-corrected chi connectivity index (χ1v) is 6.92. The molecule has 0 saturated carbocycles. The summed E-state index contributed by atoms with van der Waals surface area (Å²) in [6.07, 6.45) is 3.05. The van der Waals surface area contributed by atoms with Gasteiger partial charge in [0, 0.05) is 33.3 Å². The smallest absolute Gasteiger partial charge is 0.134 e. The monoisotopic (exact) mass is 264 g/mol. The minimum absolute atomic E-state index is 0.312. The third kappa shape index (κ3) is 3.80. The highest BCUT2D eigenvalue weighted by Gasteiger charge is 2.22. The number of anilines is 2. The van der Waals surface area contributed by atoms with Crippen molar-refractivity contribution < 1.29 is 4.74 Å². The fraction of sp³-hybridized carbons (Fsp3) is 0.714. The van der Waals surface area contributed by atoms with Gasteiger partial charge in [0.25, 0.3) is 0 Å². The molecule has 0 amide bonds. The number of ether oxygens (including phenoxy) is 1. The first-order chi connectivity index (χ1) is 9.06. The summed E-state index contributed by atoms with van der Waals surface area (Å²) in [6.45, 7) is 7.06. The van der Waals surface area contributed by atoms with Crippen molar-refractivity contribution in [2.24, 2.45) is 5.92 Å². The highest BCUT2D eigenvalue weighted by Crippen LogP contribution is 2.20. The second-order valence-corrected chi connectivity index (χ2v) is 5.70. The molecule has 2 rings (SSSR count). The van der Waals surface area contributed by atoms with Crippen molar-refractivity contribution >= 4 is 11.6 Å². The average Bonchev–Trinajstić information content (AvgIpc) is 2.38. The number of morpholine rings is 1. The lowest BCUT2D eigenvalue weighted by Crippen LogP contribution is -2.43. The van der Waals surface area contributed by atoms with E-state index in [1.165, 1.54) is 0 Å². The molecular weight excluding hydrogens is 240 g/mol. The summed E-state index contributed by atoms with van der Waals surface area (Å²) in [5.41, 5.74) is 0. The van der Waals surface area contributed by atoms with Crippen LogP contribution in [0.15, 0.2) is 12.4 Å². The lowest BCUT2D eigenvalue weighted by molar-refractivity contribution is 0.0273. The molecule has 0 bridgehead atoms. The van der Waals surface area contributed by atoms with E-state index in [2.05, 4.69) is 28.7 Å². The van der Waals surface area contributed by atoms with Crippen molar-refractivity contribution in [3.05, 3.63) is 12.4 Å². The van der Waals surface area contributed by atoms with Crippen LogP contribution in [0.4, 0.5) is 11.6 Å². The Balaban J connectivity index is 2.06.